The van der Waals surface area contributed by atoms with Gasteiger partial charge in [-0.2, -0.15) is 0 Å². The van der Waals surface area contributed by atoms with Gasteiger partial charge in [0.15, 0.2) is 0 Å². The molecule has 3 aliphatic rings. The number of ether oxygens (including phenoxy) is 1. The van der Waals surface area contributed by atoms with Gasteiger partial charge in [0, 0.05) is 10.2 Å². The van der Waals surface area contributed by atoms with Crippen molar-refractivity contribution in [2.24, 2.45) is 17.2 Å². The summed E-state index contributed by atoms with van der Waals surface area (Å²) in [4.78, 5) is 11.2. The molecule has 2 bridgehead atoms. The summed E-state index contributed by atoms with van der Waals surface area (Å²) in [6, 6.07) is 0. The van der Waals surface area contributed by atoms with Crippen LogP contribution in [-0.4, -0.2) is 13.1 Å². The quantitative estimate of drug-likeness (QED) is 0.460. The van der Waals surface area contributed by atoms with Crippen molar-refractivity contribution in [2.45, 2.75) is 26.6 Å². The molecular weight excluding hydrogens is 164 g/mol. The lowest BCUT2D eigenvalue weighted by Crippen LogP contribution is -2.36. The van der Waals surface area contributed by atoms with Crippen molar-refractivity contribution in [3.05, 3.63) is 11.6 Å². The number of methoxy groups -OCH3 is 1. The Bertz CT molecular complexity index is 387. The van der Waals surface area contributed by atoms with E-state index in [1.807, 2.05) is 6.92 Å². The normalized spacial score (nSPS) is 57.6. The number of fused-ring (bicyclic) bond motifs is 1. The van der Waals surface area contributed by atoms with Crippen LogP contribution in [-0.2, 0) is 9.53 Å². The lowest BCUT2D eigenvalue weighted by molar-refractivity contribution is -0.135. The molecule has 0 radical (unpaired) electrons. The molecule has 2 heteroatoms. The van der Waals surface area contributed by atoms with Gasteiger partial charge in [-0.1, -0.05) is 19.4 Å². The summed E-state index contributed by atoms with van der Waals surface area (Å²) in [6.07, 6.45) is 0.321. The Morgan fingerprint density at radius 2 is 2.62 bits per heavy atom. The minimum Gasteiger partial charge on any atom is -0.466 e. The molecule has 13 heavy (non-hydrogen) atoms. The van der Waals surface area contributed by atoms with E-state index in [9.17, 15) is 4.79 Å². The maximum Gasteiger partial charge on any atom is 0.330 e. The molecule has 0 aromatic carbocycles. The predicted octanol–water partition coefficient (Wildman–Crippen LogP) is 2.15. The minimum absolute atomic E-state index is 0.319. The van der Waals surface area contributed by atoms with Crippen LogP contribution in [0.25, 0.3) is 0 Å². The minimum atomic E-state index is -1.56. The standard InChI is InChI=1S/C11H16O2/c1-7-8-4-9(5-10(12)13-3)11(7,2)6-8/h5,7-8H,4,6H2,1-3H3/b9-5-/t7-,8-,11+/m0/s1/i4D2,7D. The molecular formula is C11H16O2. The van der Waals surface area contributed by atoms with Gasteiger partial charge in [-0.05, 0) is 30.0 Å². The topological polar surface area (TPSA) is 26.3 Å². The lowest BCUT2D eigenvalue weighted by atomic mass is 9.61. The number of esters is 1. The predicted molar refractivity (Wildman–Crippen MR) is 50.1 cm³/mol. The molecule has 3 atom stereocenters. The van der Waals surface area contributed by atoms with Gasteiger partial charge in [0.05, 0.1) is 7.11 Å². The molecule has 2 nitrogen and oxygen atoms in total. The van der Waals surface area contributed by atoms with Crippen molar-refractivity contribution >= 4 is 5.97 Å². The molecule has 3 fully saturated rings. The summed E-state index contributed by atoms with van der Waals surface area (Å²) in [6.45, 7) is 3.60. The fourth-order valence-electron chi connectivity index (χ4n) is 2.18. The van der Waals surface area contributed by atoms with Crippen LogP contribution in [0.3, 0.4) is 0 Å². The summed E-state index contributed by atoms with van der Waals surface area (Å²) < 4.78 is 28.8. The Morgan fingerprint density at radius 3 is 3.00 bits per heavy atom. The highest BCUT2D eigenvalue weighted by Crippen LogP contribution is 2.65. The van der Waals surface area contributed by atoms with Crippen molar-refractivity contribution in [2.75, 3.05) is 7.11 Å². The number of hydrogen-bond acceptors (Lipinski definition) is 2. The van der Waals surface area contributed by atoms with Crippen molar-refractivity contribution < 1.29 is 13.6 Å². The first-order chi connectivity index (χ1) is 7.18. The van der Waals surface area contributed by atoms with E-state index >= 15 is 0 Å². The van der Waals surface area contributed by atoms with Crippen molar-refractivity contribution in [3.63, 3.8) is 0 Å². The van der Waals surface area contributed by atoms with Crippen molar-refractivity contribution in [1.82, 2.24) is 0 Å². The molecule has 0 saturated heterocycles. The van der Waals surface area contributed by atoms with Crippen LogP contribution in [0.5, 0.6) is 0 Å². The molecule has 0 amide bonds. The second-order valence-electron chi connectivity index (χ2n) is 4.00. The number of allylic oxidation sites excluding steroid dienone is 1. The first-order valence-electron chi connectivity index (χ1n) is 5.98. The summed E-state index contributed by atoms with van der Waals surface area (Å²) in [5.41, 5.74) is -0.107. The molecule has 0 aromatic heterocycles. The number of carbonyl (C=O) groups is 1. The Kier molecular flexibility index (Phi) is 1.17. The Morgan fingerprint density at radius 1 is 1.92 bits per heavy atom. The molecule has 3 aliphatic carbocycles. The van der Waals surface area contributed by atoms with Gasteiger partial charge in [0.2, 0.25) is 0 Å². The van der Waals surface area contributed by atoms with Crippen LogP contribution in [0.2, 0.25) is 0 Å². The molecule has 0 aliphatic heterocycles. The smallest absolute Gasteiger partial charge is 0.330 e. The zero-order valence-electron chi connectivity index (χ0n) is 11.2. The van der Waals surface area contributed by atoms with E-state index in [0.29, 0.717) is 12.0 Å². The highest BCUT2D eigenvalue weighted by molar-refractivity contribution is 5.83. The maximum absolute atomic E-state index is 11.2. The van der Waals surface area contributed by atoms with Crippen molar-refractivity contribution in [1.29, 1.82) is 0 Å². The Hall–Kier alpha value is -0.790. The molecule has 0 heterocycles. The fourth-order valence-corrected chi connectivity index (χ4v) is 2.18. The average Bonchev–Trinajstić information content (AvgIpc) is 2.46. The third-order valence-electron chi connectivity index (χ3n) is 3.39. The van der Waals surface area contributed by atoms with E-state index in [4.69, 9.17) is 4.11 Å². The van der Waals surface area contributed by atoms with E-state index in [1.54, 1.807) is 6.92 Å². The van der Waals surface area contributed by atoms with E-state index in [2.05, 4.69) is 4.74 Å². The van der Waals surface area contributed by atoms with Gasteiger partial charge in [-0.15, -0.1) is 0 Å². The first kappa shape index (κ1) is 5.84. The van der Waals surface area contributed by atoms with Crippen LogP contribution < -0.4 is 0 Å². The number of rotatable bonds is 1. The molecule has 0 unspecified atom stereocenters. The van der Waals surface area contributed by atoms with Gasteiger partial charge in [0.1, 0.15) is 0 Å². The lowest BCUT2D eigenvalue weighted by Gasteiger charge is -2.43. The summed E-state index contributed by atoms with van der Waals surface area (Å²) in [7, 11) is 1.27. The van der Waals surface area contributed by atoms with E-state index in [1.165, 1.54) is 13.2 Å². The molecule has 0 N–H and O–H groups in total. The third kappa shape index (κ3) is 1.04. The van der Waals surface area contributed by atoms with Gasteiger partial charge < -0.3 is 4.74 Å². The van der Waals surface area contributed by atoms with Crippen LogP contribution >= 0.6 is 0 Å². The highest BCUT2D eigenvalue weighted by atomic mass is 16.5. The zero-order valence-corrected chi connectivity index (χ0v) is 8.18. The summed E-state index contributed by atoms with van der Waals surface area (Å²) in [5, 5.41) is 0. The summed E-state index contributed by atoms with van der Waals surface area (Å²) in [5.74, 6) is -1.68. The summed E-state index contributed by atoms with van der Waals surface area (Å²) >= 11 is 0. The maximum atomic E-state index is 11.2. The fraction of sp³-hybridized carbons (Fsp3) is 0.727. The number of carbonyl (C=O) groups excluding carboxylic acids is 1. The van der Waals surface area contributed by atoms with Gasteiger partial charge in [-0.3, -0.25) is 0 Å². The molecule has 72 valence electrons. The molecule has 0 aromatic rings. The SMILES string of the molecule is [2H]C1([2H])/C(=C/C(=O)OC)[C@]2(C)C[C@H]1[C@]2([2H])C. The Labute approximate surface area is 83.2 Å². The second-order valence-corrected chi connectivity index (χ2v) is 4.00. The van der Waals surface area contributed by atoms with Crippen molar-refractivity contribution in [3.8, 4) is 0 Å². The van der Waals surface area contributed by atoms with Gasteiger partial charge in [-0.25, -0.2) is 4.79 Å². The van der Waals surface area contributed by atoms with E-state index < -0.39 is 23.7 Å². The van der Waals surface area contributed by atoms with E-state index in [0.717, 1.165) is 0 Å². The Balaban J connectivity index is 2.48. The molecule has 0 spiro atoms. The van der Waals surface area contributed by atoms with Gasteiger partial charge >= 0.3 is 5.97 Å². The second kappa shape index (κ2) is 2.60. The zero-order chi connectivity index (χ0) is 12.4. The van der Waals surface area contributed by atoms with Crippen LogP contribution in [0.1, 0.15) is 30.8 Å². The highest BCUT2D eigenvalue weighted by Gasteiger charge is 2.56. The first-order valence-corrected chi connectivity index (χ1v) is 4.48. The van der Waals surface area contributed by atoms with Crippen LogP contribution in [0.15, 0.2) is 11.6 Å². The number of hydrogen-bond donors (Lipinski definition) is 0. The largest absolute Gasteiger partial charge is 0.466 e. The van der Waals surface area contributed by atoms with E-state index in [-0.39, 0.29) is 5.92 Å². The average molecular weight is 183 g/mol. The van der Waals surface area contributed by atoms with Crippen LogP contribution in [0.4, 0.5) is 0 Å². The third-order valence-corrected chi connectivity index (χ3v) is 3.39. The van der Waals surface area contributed by atoms with Gasteiger partial charge in [0.25, 0.3) is 0 Å². The molecule has 3 rings (SSSR count). The molecule has 3 saturated carbocycles. The monoisotopic (exact) mass is 183 g/mol. The van der Waals surface area contributed by atoms with Crippen LogP contribution in [0, 0.1) is 17.2 Å².